The van der Waals surface area contributed by atoms with Gasteiger partial charge < -0.3 is 5.11 Å². The van der Waals surface area contributed by atoms with Crippen molar-refractivity contribution in [3.8, 4) is 5.69 Å². The van der Waals surface area contributed by atoms with Crippen LogP contribution in [0.5, 0.6) is 0 Å². The third-order valence-corrected chi connectivity index (χ3v) is 3.89. The quantitative estimate of drug-likeness (QED) is 0.813. The van der Waals surface area contributed by atoms with Gasteiger partial charge in [-0.1, -0.05) is 25.1 Å². The largest absolute Gasteiger partial charge is 0.386 e. The summed E-state index contributed by atoms with van der Waals surface area (Å²) in [5.41, 5.74) is 1.84. The van der Waals surface area contributed by atoms with Crippen molar-refractivity contribution < 1.29 is 5.11 Å². The number of aromatic nitrogens is 2. The molecule has 0 saturated heterocycles. The van der Waals surface area contributed by atoms with E-state index >= 15 is 0 Å². The summed E-state index contributed by atoms with van der Waals surface area (Å²) in [5, 5.41) is 14.5. The number of hydrogen-bond donors (Lipinski definition) is 1. The molecule has 0 fully saturated rings. The first kappa shape index (κ1) is 13.2. The fourth-order valence-electron chi connectivity index (χ4n) is 1.78. The lowest BCUT2D eigenvalue weighted by atomic mass is 10.2. The van der Waals surface area contributed by atoms with Gasteiger partial charge in [0.2, 0.25) is 0 Å². The zero-order valence-electron chi connectivity index (χ0n) is 10.5. The molecule has 1 N–H and O–H groups in total. The standard InChI is InChI=1S/C14H18N2OS/c1-2-10-18-11-14(17)13-8-9-15-16(13)12-6-4-3-5-7-12/h3-9,14,17H,2,10-11H2,1H3. The SMILES string of the molecule is CCCSCC(O)c1ccnn1-c1ccccc1. The highest BCUT2D eigenvalue weighted by Crippen LogP contribution is 2.21. The number of benzene rings is 1. The van der Waals surface area contributed by atoms with Crippen molar-refractivity contribution in [2.24, 2.45) is 0 Å². The van der Waals surface area contributed by atoms with Gasteiger partial charge in [-0.05, 0) is 30.4 Å². The Balaban J connectivity index is 2.12. The number of para-hydroxylation sites is 1. The molecule has 1 heterocycles. The summed E-state index contributed by atoms with van der Waals surface area (Å²) in [5.74, 6) is 1.79. The highest BCUT2D eigenvalue weighted by molar-refractivity contribution is 7.99. The Kier molecular flexibility index (Phi) is 4.84. The van der Waals surface area contributed by atoms with Crippen molar-refractivity contribution in [3.05, 3.63) is 48.3 Å². The molecule has 0 bridgehead atoms. The van der Waals surface area contributed by atoms with Crippen LogP contribution in [0, 0.1) is 0 Å². The van der Waals surface area contributed by atoms with Gasteiger partial charge in [-0.25, -0.2) is 4.68 Å². The summed E-state index contributed by atoms with van der Waals surface area (Å²) in [6.07, 6.45) is 2.40. The zero-order valence-corrected chi connectivity index (χ0v) is 11.3. The van der Waals surface area contributed by atoms with E-state index < -0.39 is 6.10 Å². The maximum absolute atomic E-state index is 10.2. The maximum Gasteiger partial charge on any atom is 0.105 e. The monoisotopic (exact) mass is 262 g/mol. The van der Waals surface area contributed by atoms with Crippen LogP contribution in [-0.4, -0.2) is 26.4 Å². The van der Waals surface area contributed by atoms with Gasteiger partial charge in [-0.15, -0.1) is 0 Å². The lowest BCUT2D eigenvalue weighted by Crippen LogP contribution is -2.09. The van der Waals surface area contributed by atoms with E-state index in [0.29, 0.717) is 5.75 Å². The van der Waals surface area contributed by atoms with Crippen molar-refractivity contribution in [2.75, 3.05) is 11.5 Å². The number of rotatable bonds is 6. The van der Waals surface area contributed by atoms with E-state index in [4.69, 9.17) is 0 Å². The Labute approximate surface area is 112 Å². The van der Waals surface area contributed by atoms with Crippen molar-refractivity contribution >= 4 is 11.8 Å². The summed E-state index contributed by atoms with van der Waals surface area (Å²) in [6, 6.07) is 11.8. The third kappa shape index (κ3) is 3.15. The van der Waals surface area contributed by atoms with Gasteiger partial charge in [-0.3, -0.25) is 0 Å². The molecule has 1 aromatic heterocycles. The Bertz CT molecular complexity index is 470. The van der Waals surface area contributed by atoms with Crippen LogP contribution < -0.4 is 0 Å². The molecule has 18 heavy (non-hydrogen) atoms. The first-order chi connectivity index (χ1) is 8.83. The van der Waals surface area contributed by atoms with Gasteiger partial charge in [-0.2, -0.15) is 16.9 Å². The van der Waals surface area contributed by atoms with E-state index in [1.165, 1.54) is 0 Å². The Morgan fingerprint density at radius 3 is 2.78 bits per heavy atom. The topological polar surface area (TPSA) is 38.1 Å². The normalized spacial score (nSPS) is 12.6. The van der Waals surface area contributed by atoms with Crippen molar-refractivity contribution in [2.45, 2.75) is 19.4 Å². The summed E-state index contributed by atoms with van der Waals surface area (Å²) in [4.78, 5) is 0. The summed E-state index contributed by atoms with van der Waals surface area (Å²) in [7, 11) is 0. The van der Waals surface area contributed by atoms with Crippen LogP contribution in [0.15, 0.2) is 42.6 Å². The number of hydrogen-bond acceptors (Lipinski definition) is 3. The minimum atomic E-state index is -0.468. The number of aliphatic hydroxyl groups is 1. The number of aliphatic hydroxyl groups excluding tert-OH is 1. The second-order valence-corrected chi connectivity index (χ2v) is 5.24. The fraction of sp³-hybridized carbons (Fsp3) is 0.357. The van der Waals surface area contributed by atoms with Gasteiger partial charge in [0, 0.05) is 11.9 Å². The highest BCUT2D eigenvalue weighted by Gasteiger charge is 2.13. The van der Waals surface area contributed by atoms with Crippen LogP contribution in [0.3, 0.4) is 0 Å². The molecule has 0 amide bonds. The van der Waals surface area contributed by atoms with Crippen LogP contribution in [-0.2, 0) is 0 Å². The molecule has 0 spiro atoms. The van der Waals surface area contributed by atoms with Crippen LogP contribution in [0.4, 0.5) is 0 Å². The Morgan fingerprint density at radius 1 is 1.28 bits per heavy atom. The first-order valence-corrected chi connectivity index (χ1v) is 7.33. The molecule has 0 aliphatic heterocycles. The van der Waals surface area contributed by atoms with Crippen LogP contribution in [0.1, 0.15) is 25.1 Å². The molecule has 0 aliphatic carbocycles. The average molecular weight is 262 g/mol. The lowest BCUT2D eigenvalue weighted by molar-refractivity contribution is 0.196. The van der Waals surface area contributed by atoms with Crippen molar-refractivity contribution in [1.82, 2.24) is 9.78 Å². The van der Waals surface area contributed by atoms with E-state index in [2.05, 4.69) is 12.0 Å². The van der Waals surface area contributed by atoms with Gasteiger partial charge in [0.15, 0.2) is 0 Å². The average Bonchev–Trinajstić information content (AvgIpc) is 2.89. The number of thioether (sulfide) groups is 1. The van der Waals surface area contributed by atoms with Crippen LogP contribution >= 0.6 is 11.8 Å². The summed E-state index contributed by atoms with van der Waals surface area (Å²) in [6.45, 7) is 2.15. The van der Waals surface area contributed by atoms with Crippen molar-refractivity contribution in [3.63, 3.8) is 0 Å². The fourth-order valence-corrected chi connectivity index (χ4v) is 2.62. The molecule has 2 rings (SSSR count). The molecule has 2 aromatic rings. The first-order valence-electron chi connectivity index (χ1n) is 6.18. The van der Waals surface area contributed by atoms with E-state index in [0.717, 1.165) is 23.6 Å². The highest BCUT2D eigenvalue weighted by atomic mass is 32.2. The second-order valence-electron chi connectivity index (χ2n) is 4.09. The van der Waals surface area contributed by atoms with E-state index in [-0.39, 0.29) is 0 Å². The van der Waals surface area contributed by atoms with Gasteiger partial charge >= 0.3 is 0 Å². The maximum atomic E-state index is 10.2. The number of nitrogens with zero attached hydrogens (tertiary/aromatic N) is 2. The lowest BCUT2D eigenvalue weighted by Gasteiger charge is -2.13. The second kappa shape index (κ2) is 6.61. The minimum Gasteiger partial charge on any atom is -0.386 e. The molecule has 4 heteroatoms. The summed E-state index contributed by atoms with van der Waals surface area (Å²) >= 11 is 1.77. The van der Waals surface area contributed by atoms with Crippen LogP contribution in [0.2, 0.25) is 0 Å². The smallest absolute Gasteiger partial charge is 0.105 e. The minimum absolute atomic E-state index is 0.468. The van der Waals surface area contributed by atoms with E-state index in [1.54, 1.807) is 22.6 Å². The zero-order chi connectivity index (χ0) is 12.8. The van der Waals surface area contributed by atoms with Gasteiger partial charge in [0.1, 0.15) is 6.10 Å². The van der Waals surface area contributed by atoms with Gasteiger partial charge in [0.05, 0.1) is 11.4 Å². The van der Waals surface area contributed by atoms with Crippen LogP contribution in [0.25, 0.3) is 5.69 Å². The molecule has 3 nitrogen and oxygen atoms in total. The molecule has 1 aromatic carbocycles. The predicted octanol–water partition coefficient (Wildman–Crippen LogP) is 3.05. The molecular weight excluding hydrogens is 244 g/mol. The molecule has 0 aliphatic rings. The van der Waals surface area contributed by atoms with E-state index in [1.807, 2.05) is 36.4 Å². The molecule has 1 unspecified atom stereocenters. The molecule has 0 radical (unpaired) electrons. The van der Waals surface area contributed by atoms with E-state index in [9.17, 15) is 5.11 Å². The Hall–Kier alpha value is -1.26. The molecule has 96 valence electrons. The molecular formula is C14H18N2OS. The third-order valence-electron chi connectivity index (χ3n) is 2.64. The van der Waals surface area contributed by atoms with Crippen molar-refractivity contribution in [1.29, 1.82) is 0 Å². The summed E-state index contributed by atoms with van der Waals surface area (Å²) < 4.78 is 1.80. The Morgan fingerprint density at radius 2 is 2.06 bits per heavy atom. The molecule has 0 saturated carbocycles. The molecule has 1 atom stereocenters. The predicted molar refractivity (Wildman–Crippen MR) is 76.1 cm³/mol. The van der Waals surface area contributed by atoms with Gasteiger partial charge in [0.25, 0.3) is 0 Å².